The Morgan fingerprint density at radius 1 is 0.400 bits per heavy atom. The summed E-state index contributed by atoms with van der Waals surface area (Å²) in [7, 11) is -24.9. The zero-order valence-corrected chi connectivity index (χ0v) is 34.0. The van der Waals surface area contributed by atoms with Crippen LogP contribution < -0.4 is 29.4 Å². The van der Waals surface area contributed by atoms with Gasteiger partial charge in [-0.25, -0.2) is 4.31 Å². The van der Waals surface area contributed by atoms with Crippen LogP contribution in [0.4, 0.5) is 0 Å². The van der Waals surface area contributed by atoms with Crippen molar-refractivity contribution >= 4 is 333 Å². The molecule has 25 heavy (non-hydrogen) atoms. The van der Waals surface area contributed by atoms with Crippen molar-refractivity contribution in [2.45, 2.75) is 0 Å². The van der Waals surface area contributed by atoms with Gasteiger partial charge in [-0.05, 0) is 0 Å². The molecule has 0 aliphatic rings. The Balaban J connectivity index is -0.0000000457. The fourth-order valence-electron chi connectivity index (χ4n) is 0.397. The summed E-state index contributed by atoms with van der Waals surface area (Å²) in [6.07, 6.45) is 0. The molecule has 2 unspecified atom stereocenters. The molecule has 0 bridgehead atoms. The van der Waals surface area contributed by atoms with Crippen LogP contribution in [-0.2, 0) is 31.2 Å². The molecule has 104 valence electrons. The van der Waals surface area contributed by atoms with E-state index in [9.17, 15) is 47.6 Å². The summed E-state index contributed by atoms with van der Waals surface area (Å²) < 4.78 is 48.5. The second-order valence-corrected chi connectivity index (χ2v) is 7.57. The number of hydrogen-bond donors (Lipinski definition) is 0. The summed E-state index contributed by atoms with van der Waals surface area (Å²) >= 11 is 0. The van der Waals surface area contributed by atoms with Crippen LogP contribution in [0.3, 0.4) is 0 Å². The summed E-state index contributed by atoms with van der Waals surface area (Å²) in [6, 6.07) is 0. The standard InChI is InChI=1S/8Ca.H6O13P4/c;;;;;;;;1-14(2,3)11-16(7,8)13-17(9,10)12-15(4,5)6/h;;;;;;;;(H,7,8)(H,9,10)(H2,1,2,3)(H2,4,5,6)/q8*+2;/p-6. The molecule has 0 saturated heterocycles. The molecule has 0 aromatic rings. The molecule has 2 atom stereocenters. The Morgan fingerprint density at radius 3 is 0.680 bits per heavy atom. The van der Waals surface area contributed by atoms with Crippen molar-refractivity contribution in [3.63, 3.8) is 0 Å². The van der Waals surface area contributed by atoms with Crippen LogP contribution in [0, 0.1) is 0 Å². The Kier molecular flexibility index (Phi) is 66.7. The molecule has 0 radical (unpaired) electrons. The van der Waals surface area contributed by atoms with Gasteiger partial charge in [-0.3, -0.25) is 17.8 Å². The van der Waals surface area contributed by atoms with Crippen molar-refractivity contribution in [2.24, 2.45) is 0 Å². The second-order valence-electron chi connectivity index (χ2n) is 2.03. The van der Waals surface area contributed by atoms with Gasteiger partial charge in [-0.1, -0.05) is 0 Å². The molecule has 0 heterocycles. The van der Waals surface area contributed by atoms with Gasteiger partial charge in [0, 0.05) is 0 Å². The van der Waals surface area contributed by atoms with E-state index in [1.54, 1.807) is 0 Å². The SMILES string of the molecule is O=P([O-])([O-])OP(=O)([O-])OP(=O)([O-])OP(=O)([O-])[O-].[Ca+2].[Ca+2].[Ca+2].[Ca+2].[Ca+2].[Ca+2].[Ca+2].[Ca+2]. The predicted molar refractivity (Wildman–Crippen MR) is 79.7 cm³/mol. The minimum atomic E-state index is -6.26. The fourth-order valence-corrected chi connectivity index (χ4v) is 4.11. The average molecular weight is 653 g/mol. The fraction of sp³-hybridized carbons (Fsp3) is 0. The van der Waals surface area contributed by atoms with Crippen molar-refractivity contribution in [1.29, 1.82) is 0 Å². The van der Waals surface area contributed by atoms with Gasteiger partial charge in [-0.15, -0.1) is 0 Å². The van der Waals surface area contributed by atoms with E-state index in [-0.39, 0.29) is 302 Å². The first-order valence-corrected chi connectivity index (χ1v) is 8.76. The Hall–Kier alpha value is 10.6. The van der Waals surface area contributed by atoms with Crippen molar-refractivity contribution in [2.75, 3.05) is 0 Å². The van der Waals surface area contributed by atoms with Crippen LogP contribution in [0.1, 0.15) is 0 Å². The zero-order valence-electron chi connectivity index (χ0n) is 12.8. The molecular formula is Ca8O13P4+10. The largest absolute Gasteiger partial charge is 2.00 e. The Labute approximate surface area is 382 Å². The molecule has 0 aromatic carbocycles. The first-order valence-electron chi connectivity index (χ1n) is 2.92. The summed E-state index contributed by atoms with van der Waals surface area (Å²) in [6.45, 7) is 0. The van der Waals surface area contributed by atoms with Gasteiger partial charge in [-0.2, -0.15) is 0 Å². The average Bonchev–Trinajstić information content (AvgIpc) is 1.65. The molecule has 0 N–H and O–H groups in total. The van der Waals surface area contributed by atoms with Crippen LogP contribution in [0.15, 0.2) is 0 Å². The van der Waals surface area contributed by atoms with E-state index < -0.39 is 31.3 Å². The van der Waals surface area contributed by atoms with Crippen molar-refractivity contribution in [3.05, 3.63) is 0 Å². The molecule has 0 fully saturated rings. The quantitative estimate of drug-likeness (QED) is 0.192. The van der Waals surface area contributed by atoms with Crippen LogP contribution in [0.25, 0.3) is 0 Å². The number of hydrogen-bond acceptors (Lipinski definition) is 13. The zero-order chi connectivity index (χ0) is 14.1. The molecule has 0 saturated carbocycles. The van der Waals surface area contributed by atoms with Crippen LogP contribution >= 0.6 is 31.3 Å². The van der Waals surface area contributed by atoms with Crippen LogP contribution in [0.5, 0.6) is 0 Å². The van der Waals surface area contributed by atoms with Gasteiger partial charge in [0.2, 0.25) is 0 Å². The third-order valence-electron chi connectivity index (χ3n) is 0.600. The number of phosphoric acid groups is 4. The third kappa shape index (κ3) is 45.0. The summed E-state index contributed by atoms with van der Waals surface area (Å²) in [5.74, 6) is 0. The summed E-state index contributed by atoms with van der Waals surface area (Å²) in [5.41, 5.74) is 0. The van der Waals surface area contributed by atoms with Gasteiger partial charge in [0.25, 0.3) is 15.6 Å². The molecule has 0 aliphatic heterocycles. The van der Waals surface area contributed by atoms with Gasteiger partial charge in [0.1, 0.15) is 0 Å². The van der Waals surface area contributed by atoms with Gasteiger partial charge >= 0.3 is 302 Å². The maximum atomic E-state index is 10.4. The molecule has 0 aliphatic carbocycles. The molecular weight excluding hydrogens is 653 g/mol. The van der Waals surface area contributed by atoms with Gasteiger partial charge in [0.05, 0.1) is 15.6 Å². The maximum Gasteiger partial charge on any atom is 2.00 e. The van der Waals surface area contributed by atoms with E-state index in [1.165, 1.54) is 0 Å². The summed E-state index contributed by atoms with van der Waals surface area (Å²) in [4.78, 5) is 60.0. The minimum Gasteiger partial charge on any atom is -0.790 e. The van der Waals surface area contributed by atoms with E-state index in [4.69, 9.17) is 0 Å². The van der Waals surface area contributed by atoms with E-state index in [0.29, 0.717) is 0 Å². The van der Waals surface area contributed by atoms with Crippen LogP contribution in [-0.4, -0.2) is 302 Å². The first kappa shape index (κ1) is 60.3. The van der Waals surface area contributed by atoms with E-state index in [0.717, 1.165) is 0 Å². The molecule has 0 spiro atoms. The smallest absolute Gasteiger partial charge is 0.790 e. The van der Waals surface area contributed by atoms with E-state index in [1.807, 2.05) is 0 Å². The molecule has 25 heteroatoms. The van der Waals surface area contributed by atoms with E-state index >= 15 is 0 Å². The van der Waals surface area contributed by atoms with Crippen molar-refractivity contribution in [1.82, 2.24) is 0 Å². The normalized spacial score (nSPS) is 14.0. The maximum absolute atomic E-state index is 10.4. The minimum absolute atomic E-state index is 0. The molecule has 13 nitrogen and oxygen atoms in total. The second kappa shape index (κ2) is 27.7. The van der Waals surface area contributed by atoms with E-state index in [2.05, 4.69) is 12.9 Å². The van der Waals surface area contributed by atoms with Crippen LogP contribution in [0.2, 0.25) is 0 Å². The summed E-state index contributed by atoms with van der Waals surface area (Å²) in [5, 5.41) is 0. The van der Waals surface area contributed by atoms with Gasteiger partial charge in [0.15, 0.2) is 0 Å². The predicted octanol–water partition coefficient (Wildman–Crippen LogP) is -7.42. The Morgan fingerprint density at radius 2 is 0.560 bits per heavy atom. The molecule has 0 amide bonds. The number of rotatable bonds is 6. The Bertz CT molecular complexity index is 425. The third-order valence-corrected chi connectivity index (χ3v) is 5.40. The molecule has 0 aromatic heterocycles. The monoisotopic (exact) mass is 652 g/mol. The van der Waals surface area contributed by atoms with Crippen molar-refractivity contribution < 1.29 is 60.6 Å². The van der Waals surface area contributed by atoms with Crippen molar-refractivity contribution in [3.8, 4) is 0 Å². The van der Waals surface area contributed by atoms with Gasteiger partial charge < -0.3 is 38.5 Å². The molecule has 0 rings (SSSR count). The first-order chi connectivity index (χ1) is 7.12. The topological polar surface area (TPSA) is 234 Å².